The molecule has 4 fully saturated rings. The van der Waals surface area contributed by atoms with Gasteiger partial charge >= 0.3 is 0 Å². The van der Waals surface area contributed by atoms with Gasteiger partial charge in [0.25, 0.3) is 19.3 Å². The van der Waals surface area contributed by atoms with Crippen LogP contribution in [0.4, 0.5) is 62.0 Å². The number of hydrogen-bond acceptors (Lipinski definition) is 21. The molecule has 3 saturated heterocycles. The average molecular weight is 1540 g/mol. The summed E-state index contributed by atoms with van der Waals surface area (Å²) in [6, 6.07) is 56.2. The Morgan fingerprint density at radius 3 is 1.14 bits per heavy atom. The van der Waals surface area contributed by atoms with Gasteiger partial charge in [-0.15, -0.1) is 0 Å². The molecule has 3 aliphatic heterocycles. The Kier molecular flexibility index (Phi) is 21.7. The molecular weight excluding hydrogens is 1450 g/mol. The zero-order valence-electron chi connectivity index (χ0n) is 64.1. The molecule has 30 heteroatoms. The van der Waals surface area contributed by atoms with Crippen molar-refractivity contribution in [2.45, 2.75) is 121 Å². The first-order chi connectivity index (χ1) is 54.4. The van der Waals surface area contributed by atoms with E-state index in [0.717, 1.165) is 18.4 Å². The number of aromatic nitrogens is 15. The van der Waals surface area contributed by atoms with Gasteiger partial charge in [0.2, 0.25) is 53.5 Å². The largest absolute Gasteiger partial charge is 0.378 e. The van der Waals surface area contributed by atoms with Crippen LogP contribution in [0.3, 0.4) is 0 Å². The fourth-order valence-electron chi connectivity index (χ4n) is 14.9. The maximum atomic E-state index is 14.2. The summed E-state index contributed by atoms with van der Waals surface area (Å²) in [5, 5.41) is 12.9. The highest BCUT2D eigenvalue weighted by molar-refractivity contribution is 5.86. The van der Waals surface area contributed by atoms with E-state index in [1.54, 1.807) is 72.8 Å². The molecule has 1 saturated carbocycles. The molecule has 13 aromatic rings. The summed E-state index contributed by atoms with van der Waals surface area (Å²) < 4.78 is 105. The van der Waals surface area contributed by atoms with Crippen LogP contribution in [0, 0.1) is 0 Å². The van der Waals surface area contributed by atoms with Gasteiger partial charge in [-0.05, 0) is 125 Å². The van der Waals surface area contributed by atoms with E-state index in [1.165, 1.54) is 35.6 Å². The summed E-state index contributed by atoms with van der Waals surface area (Å²) in [4.78, 5) is 60.6. The standard InChI is InChI=1S/C29H29F2N7O.C27H29F2N7O.C27H31F2N7O/c1-29(2,18-20-10-7-9-19-8-3-4-11-21(19)20)36-26-33-27(37-14-16-39-17-15-37)35-28(34-26)38-23-13-6-5-12-22(23)32-25(38)24(30)31;1-26(2,27(12-13-27)18-8-4-3-5-9-18)34-23-31-24(35-14-16-37-17-15-35)33-25(32-23)36-20-11-7-6-10-19(20)30-22(36)21(28)29;1-26(2,18-10-6-5-7-11-18)27(3,4)34-23-31-24(35-14-16-37-17-15-35)33-25(32-23)36-20-13-9-8-12-19(20)30-22(36)21(28)29/h3-13,24H,14-18H2,1-2H3,(H,33,34,35,36);3-11,21H,12-17H2,1-2H3,(H,31,32,33,34);5-13,21H,14-17H2,1-4H3,(H,31,32,33,34). The van der Waals surface area contributed by atoms with E-state index in [-0.39, 0.29) is 28.7 Å². The lowest BCUT2D eigenvalue weighted by atomic mass is 9.70. The van der Waals surface area contributed by atoms with Gasteiger partial charge < -0.3 is 44.9 Å². The highest BCUT2D eigenvalue weighted by Crippen LogP contribution is 2.56. The van der Waals surface area contributed by atoms with Gasteiger partial charge in [-0.3, -0.25) is 13.7 Å². The van der Waals surface area contributed by atoms with E-state index < -0.39 is 53.4 Å². The number of ether oxygens (including phenoxy) is 3. The van der Waals surface area contributed by atoms with E-state index in [0.29, 0.717) is 154 Å². The first-order valence-corrected chi connectivity index (χ1v) is 37.9. The van der Waals surface area contributed by atoms with Crippen molar-refractivity contribution in [3.8, 4) is 17.8 Å². The van der Waals surface area contributed by atoms with Crippen LogP contribution in [0.25, 0.3) is 61.7 Å². The van der Waals surface area contributed by atoms with E-state index in [2.05, 4.69) is 183 Å². The smallest absolute Gasteiger partial charge is 0.296 e. The van der Waals surface area contributed by atoms with Crippen molar-refractivity contribution >= 4 is 79.6 Å². The lowest BCUT2D eigenvalue weighted by Gasteiger charge is -2.43. The van der Waals surface area contributed by atoms with Gasteiger partial charge in [-0.25, -0.2) is 41.3 Å². The molecule has 9 heterocycles. The highest BCUT2D eigenvalue weighted by Gasteiger charge is 2.56. The molecule has 4 aliphatic rings. The predicted molar refractivity (Wildman–Crippen MR) is 425 cm³/mol. The maximum absolute atomic E-state index is 14.2. The summed E-state index contributed by atoms with van der Waals surface area (Å²) in [6.07, 6.45) is -5.64. The summed E-state index contributed by atoms with van der Waals surface area (Å²) >= 11 is 0. The number of alkyl halides is 6. The lowest BCUT2D eigenvalue weighted by Crippen LogP contribution is -2.49. The minimum atomic E-state index is -2.81. The number of halogens is 6. The molecule has 1 aliphatic carbocycles. The van der Waals surface area contributed by atoms with E-state index in [1.807, 2.05) is 51.1 Å². The summed E-state index contributed by atoms with van der Waals surface area (Å²) in [5.41, 5.74) is 4.71. The maximum Gasteiger partial charge on any atom is 0.296 e. The summed E-state index contributed by atoms with van der Waals surface area (Å²) in [7, 11) is 0. The number of rotatable bonds is 21. The number of nitrogens with one attached hydrogen (secondary N) is 3. The molecule has 24 nitrogen and oxygen atoms in total. The van der Waals surface area contributed by atoms with Crippen LogP contribution in [-0.4, -0.2) is 169 Å². The Bertz CT molecular complexity index is 5280. The Morgan fingerprint density at radius 1 is 0.372 bits per heavy atom. The third-order valence-corrected chi connectivity index (χ3v) is 21.8. The molecule has 0 amide bonds. The molecule has 0 unspecified atom stereocenters. The molecule has 17 rings (SSSR count). The number of benzene rings is 7. The van der Waals surface area contributed by atoms with Crippen LogP contribution in [0.15, 0.2) is 176 Å². The molecular formula is C83H89F6N21O3. The molecule has 6 aromatic heterocycles. The van der Waals surface area contributed by atoms with Crippen molar-refractivity contribution in [1.82, 2.24) is 73.5 Å². The van der Waals surface area contributed by atoms with Crippen molar-refractivity contribution in [1.29, 1.82) is 0 Å². The summed E-state index contributed by atoms with van der Waals surface area (Å²) in [5.74, 6) is 1.29. The average Bonchev–Trinajstić information content (AvgIpc) is 1.58. The molecule has 0 radical (unpaired) electrons. The minimum Gasteiger partial charge on any atom is -0.378 e. The van der Waals surface area contributed by atoms with Crippen LogP contribution >= 0.6 is 0 Å². The van der Waals surface area contributed by atoms with Crippen LogP contribution < -0.4 is 30.7 Å². The fourth-order valence-corrected chi connectivity index (χ4v) is 14.9. The second kappa shape index (κ2) is 31.9. The predicted octanol–water partition coefficient (Wildman–Crippen LogP) is 15.6. The first-order valence-electron chi connectivity index (χ1n) is 37.9. The number of anilines is 6. The van der Waals surface area contributed by atoms with Crippen molar-refractivity contribution in [2.75, 3.05) is 110 Å². The molecule has 0 bridgehead atoms. The van der Waals surface area contributed by atoms with Crippen molar-refractivity contribution in [3.63, 3.8) is 0 Å². The van der Waals surface area contributed by atoms with E-state index in [4.69, 9.17) is 29.2 Å². The third kappa shape index (κ3) is 16.2. The number of hydrogen-bond donors (Lipinski definition) is 3. The van der Waals surface area contributed by atoms with Gasteiger partial charge in [-0.1, -0.05) is 153 Å². The monoisotopic (exact) mass is 1540 g/mol. The Labute approximate surface area is 649 Å². The van der Waals surface area contributed by atoms with Crippen LogP contribution in [0.5, 0.6) is 0 Å². The van der Waals surface area contributed by atoms with Crippen LogP contribution in [0.2, 0.25) is 0 Å². The Morgan fingerprint density at radius 2 is 0.726 bits per heavy atom. The molecule has 586 valence electrons. The van der Waals surface area contributed by atoms with Crippen molar-refractivity contribution < 1.29 is 40.6 Å². The Hall–Kier alpha value is -11.5. The second-order valence-electron chi connectivity index (χ2n) is 30.6. The molecule has 7 aromatic carbocycles. The Balaban J connectivity index is 0.000000134. The van der Waals surface area contributed by atoms with Crippen molar-refractivity contribution in [3.05, 3.63) is 210 Å². The zero-order valence-corrected chi connectivity index (χ0v) is 64.1. The van der Waals surface area contributed by atoms with Gasteiger partial charge in [-0.2, -0.15) is 44.9 Å². The van der Waals surface area contributed by atoms with Gasteiger partial charge in [0, 0.05) is 66.7 Å². The third-order valence-electron chi connectivity index (χ3n) is 21.8. The van der Waals surface area contributed by atoms with Crippen LogP contribution in [-0.2, 0) is 31.5 Å². The fraction of sp³-hybridized carbons (Fsp3) is 0.373. The van der Waals surface area contributed by atoms with Gasteiger partial charge in [0.15, 0.2) is 17.5 Å². The van der Waals surface area contributed by atoms with Gasteiger partial charge in [0.1, 0.15) is 0 Å². The number of para-hydroxylation sites is 6. The number of nitrogens with zero attached hydrogens (tertiary/aromatic N) is 18. The SMILES string of the molecule is CC(C)(Cc1cccc2ccccc12)Nc1nc(N2CCOCC2)nc(-n2c(C(F)F)nc3ccccc32)n1.CC(C)(Nc1nc(N2CCOCC2)nc(-n2c(C(F)F)nc3ccccc32)n1)C(C)(C)c1ccccc1.CC(C)(Nc1nc(N2CCOCC2)nc(-n2c(C(F)F)nc3ccccc32)n1)C1(c2ccccc2)CC1. The molecule has 0 atom stereocenters. The lowest BCUT2D eigenvalue weighted by molar-refractivity contribution is 0.122. The minimum absolute atomic E-state index is 0.0734. The van der Waals surface area contributed by atoms with E-state index >= 15 is 0 Å². The summed E-state index contributed by atoms with van der Waals surface area (Å²) in [6.45, 7) is 23.7. The molecule has 113 heavy (non-hydrogen) atoms. The highest BCUT2D eigenvalue weighted by atomic mass is 19.3. The number of morpholine rings is 3. The number of imidazole rings is 3. The quantitative estimate of drug-likeness (QED) is 0.0566. The molecule has 3 N–H and O–H groups in total. The normalized spacial score (nSPS) is 15.6. The van der Waals surface area contributed by atoms with Crippen molar-refractivity contribution in [2.24, 2.45) is 0 Å². The number of fused-ring (bicyclic) bond motifs is 4. The molecule has 0 spiro atoms. The topological polar surface area (TPSA) is 243 Å². The van der Waals surface area contributed by atoms with Gasteiger partial charge in [0.05, 0.1) is 72.7 Å². The first kappa shape index (κ1) is 76.8. The van der Waals surface area contributed by atoms with E-state index in [9.17, 15) is 26.3 Å². The second-order valence-corrected chi connectivity index (χ2v) is 30.6. The zero-order chi connectivity index (χ0) is 78.8. The van der Waals surface area contributed by atoms with Crippen LogP contribution in [0.1, 0.15) is 122 Å².